The molecule has 1 aromatic carbocycles. The van der Waals surface area contributed by atoms with E-state index < -0.39 is 5.82 Å². The molecule has 0 radical (unpaired) electrons. The fourth-order valence-corrected chi connectivity index (χ4v) is 5.83. The molecule has 0 saturated carbocycles. The van der Waals surface area contributed by atoms with Gasteiger partial charge in [-0.2, -0.15) is 0 Å². The van der Waals surface area contributed by atoms with Crippen molar-refractivity contribution in [1.82, 2.24) is 24.8 Å². The monoisotopic (exact) mass is 471 g/mol. The largest absolute Gasteiger partial charge is 0.482 e. The maximum atomic E-state index is 13.7. The fraction of sp³-hybridized carbons (Fsp3) is 0.333. The van der Waals surface area contributed by atoms with E-state index in [2.05, 4.69) is 15.2 Å². The van der Waals surface area contributed by atoms with E-state index in [4.69, 9.17) is 21.3 Å². The van der Waals surface area contributed by atoms with Gasteiger partial charge in [0.1, 0.15) is 23.1 Å². The number of hydrogen-bond donors (Lipinski definition) is 2. The minimum atomic E-state index is -0.443. The van der Waals surface area contributed by atoms with E-state index in [9.17, 15) is 4.39 Å². The van der Waals surface area contributed by atoms with E-state index in [-0.39, 0.29) is 12.4 Å². The number of aromatic nitrogens is 5. The number of fused-ring (bicyclic) bond motifs is 3. The van der Waals surface area contributed by atoms with Gasteiger partial charge in [0.15, 0.2) is 17.4 Å². The second-order valence-electron chi connectivity index (χ2n) is 7.55. The summed E-state index contributed by atoms with van der Waals surface area (Å²) in [6.07, 6.45) is 5.79. The molecule has 0 spiro atoms. The summed E-state index contributed by atoms with van der Waals surface area (Å²) >= 11 is 3.09. The number of ether oxygens (including phenoxy) is 1. The number of anilines is 1. The molecule has 0 aliphatic heterocycles. The molecule has 5 rings (SSSR count). The van der Waals surface area contributed by atoms with Gasteiger partial charge in [0.25, 0.3) is 0 Å². The van der Waals surface area contributed by atoms with Gasteiger partial charge in [-0.25, -0.2) is 19.0 Å². The molecule has 32 heavy (non-hydrogen) atoms. The predicted molar refractivity (Wildman–Crippen MR) is 124 cm³/mol. The Labute approximate surface area is 192 Å². The van der Waals surface area contributed by atoms with Crippen LogP contribution in [0.5, 0.6) is 5.75 Å². The van der Waals surface area contributed by atoms with E-state index >= 15 is 0 Å². The summed E-state index contributed by atoms with van der Waals surface area (Å²) in [5.74, 6) is 7.80. The first-order valence-corrected chi connectivity index (χ1v) is 12.2. The van der Waals surface area contributed by atoms with Crippen molar-refractivity contribution in [3.05, 3.63) is 52.2 Å². The number of nitrogens with two attached hydrogens (primary N) is 2. The topological polar surface area (TPSA) is 118 Å². The number of para-hydroxylation sites is 1. The average molecular weight is 472 g/mol. The third-order valence-electron chi connectivity index (χ3n) is 5.40. The third-order valence-corrected chi connectivity index (χ3v) is 7.52. The van der Waals surface area contributed by atoms with Gasteiger partial charge in [0.05, 0.1) is 11.1 Å². The van der Waals surface area contributed by atoms with Gasteiger partial charge in [0, 0.05) is 4.88 Å². The van der Waals surface area contributed by atoms with Gasteiger partial charge in [-0.3, -0.25) is 0 Å². The van der Waals surface area contributed by atoms with Crippen LogP contribution in [0.25, 0.3) is 10.2 Å². The molecule has 4 N–H and O–H groups in total. The van der Waals surface area contributed by atoms with Crippen LogP contribution in [0.4, 0.5) is 10.2 Å². The molecule has 1 aliphatic carbocycles. The highest BCUT2D eigenvalue weighted by atomic mass is 32.2. The molecule has 0 atom stereocenters. The van der Waals surface area contributed by atoms with Crippen LogP contribution in [0.3, 0.4) is 0 Å². The summed E-state index contributed by atoms with van der Waals surface area (Å²) in [5.41, 5.74) is 7.66. The molecule has 3 aromatic heterocycles. The molecule has 0 fully saturated rings. The standard InChI is InChI=1S/C21H22FN7OS2/c22-13-7-4-5-8-14(13)30-10-17-27-28-21(29(17)24)31-11-16-25-19(23)18-12-6-2-1-3-9-15(12)32-20(18)26-16/h4-5,7-8H,1-3,6,9-11,24H2,(H2,23,25,26). The van der Waals surface area contributed by atoms with Crippen LogP contribution in [0, 0.1) is 5.82 Å². The lowest BCUT2D eigenvalue weighted by Crippen LogP contribution is -2.16. The highest BCUT2D eigenvalue weighted by Crippen LogP contribution is 2.37. The Bertz CT molecular complexity index is 1270. The normalized spacial score (nSPS) is 13.8. The van der Waals surface area contributed by atoms with E-state index in [0.717, 1.165) is 23.1 Å². The molecule has 1 aliphatic rings. The second-order valence-corrected chi connectivity index (χ2v) is 9.57. The van der Waals surface area contributed by atoms with Crippen molar-refractivity contribution in [2.45, 2.75) is 49.6 Å². The van der Waals surface area contributed by atoms with E-state index in [0.29, 0.717) is 28.4 Å². The number of nitrogens with zero attached hydrogens (tertiary/aromatic N) is 5. The lowest BCUT2D eigenvalue weighted by molar-refractivity contribution is 0.277. The third kappa shape index (κ3) is 4.09. The lowest BCUT2D eigenvalue weighted by Gasteiger charge is -2.07. The van der Waals surface area contributed by atoms with Crippen molar-refractivity contribution in [2.75, 3.05) is 11.6 Å². The second kappa shape index (κ2) is 8.91. The Morgan fingerprint density at radius 1 is 1.12 bits per heavy atom. The highest BCUT2D eigenvalue weighted by molar-refractivity contribution is 7.98. The predicted octanol–water partition coefficient (Wildman–Crippen LogP) is 3.86. The van der Waals surface area contributed by atoms with Crippen LogP contribution in [-0.2, 0) is 25.2 Å². The molecule has 0 unspecified atom stereocenters. The molecule has 8 nitrogen and oxygen atoms in total. The number of thioether (sulfide) groups is 1. The van der Waals surface area contributed by atoms with Crippen molar-refractivity contribution in [2.24, 2.45) is 0 Å². The number of thiophene rings is 1. The summed E-state index contributed by atoms with van der Waals surface area (Å²) in [4.78, 5) is 11.6. The number of benzene rings is 1. The maximum absolute atomic E-state index is 13.7. The zero-order valence-electron chi connectivity index (χ0n) is 17.3. The van der Waals surface area contributed by atoms with Gasteiger partial charge in [-0.15, -0.1) is 21.5 Å². The summed E-state index contributed by atoms with van der Waals surface area (Å²) in [7, 11) is 0. The van der Waals surface area contributed by atoms with Crippen molar-refractivity contribution in [1.29, 1.82) is 0 Å². The first-order chi connectivity index (χ1) is 15.6. The quantitative estimate of drug-likeness (QED) is 0.247. The van der Waals surface area contributed by atoms with E-state index in [1.54, 1.807) is 29.5 Å². The summed E-state index contributed by atoms with van der Waals surface area (Å²) in [6, 6.07) is 6.17. The van der Waals surface area contributed by atoms with E-state index in [1.807, 2.05) is 0 Å². The Balaban J connectivity index is 1.29. The summed E-state index contributed by atoms with van der Waals surface area (Å²) in [6.45, 7) is 0.00114. The van der Waals surface area contributed by atoms with Crippen molar-refractivity contribution in [3.63, 3.8) is 0 Å². The van der Waals surface area contributed by atoms with Crippen LogP contribution in [0.15, 0.2) is 29.4 Å². The van der Waals surface area contributed by atoms with Gasteiger partial charge in [0.2, 0.25) is 5.16 Å². The molecular weight excluding hydrogens is 449 g/mol. The Hall–Kier alpha value is -2.92. The number of hydrogen-bond acceptors (Lipinski definition) is 9. The van der Waals surface area contributed by atoms with Crippen LogP contribution in [0.1, 0.15) is 41.4 Å². The first kappa shape index (κ1) is 21.0. The van der Waals surface area contributed by atoms with Crippen molar-refractivity contribution >= 4 is 39.1 Å². The van der Waals surface area contributed by atoms with Crippen LogP contribution in [-0.4, -0.2) is 24.8 Å². The average Bonchev–Trinajstić information content (AvgIpc) is 3.22. The fourth-order valence-electron chi connectivity index (χ4n) is 3.81. The highest BCUT2D eigenvalue weighted by Gasteiger charge is 2.20. The van der Waals surface area contributed by atoms with Crippen molar-refractivity contribution < 1.29 is 9.13 Å². The number of rotatable bonds is 6. The Kier molecular flexibility index (Phi) is 5.83. The van der Waals surface area contributed by atoms with Crippen molar-refractivity contribution in [3.8, 4) is 5.75 Å². The van der Waals surface area contributed by atoms with Gasteiger partial charge < -0.3 is 16.3 Å². The first-order valence-electron chi connectivity index (χ1n) is 10.4. The molecule has 3 heterocycles. The van der Waals surface area contributed by atoms with E-state index in [1.165, 1.54) is 52.2 Å². The molecule has 11 heteroatoms. The minimum Gasteiger partial charge on any atom is -0.482 e. The molecule has 0 saturated heterocycles. The molecular formula is C21H22FN7OS2. The molecule has 0 amide bonds. The summed E-state index contributed by atoms with van der Waals surface area (Å²) < 4.78 is 20.5. The van der Waals surface area contributed by atoms with Gasteiger partial charge >= 0.3 is 0 Å². The molecule has 0 bridgehead atoms. The summed E-state index contributed by atoms with van der Waals surface area (Å²) in [5, 5.41) is 9.67. The van der Waals surface area contributed by atoms with Gasteiger partial charge in [-0.05, 0) is 43.4 Å². The molecule has 4 aromatic rings. The van der Waals surface area contributed by atoms with Gasteiger partial charge in [-0.1, -0.05) is 30.3 Å². The number of nitrogen functional groups attached to an aromatic ring is 2. The minimum absolute atomic E-state index is 0.00114. The van der Waals surface area contributed by atoms with Crippen LogP contribution < -0.4 is 16.3 Å². The number of aryl methyl sites for hydroxylation is 2. The molecule has 166 valence electrons. The van der Waals surface area contributed by atoms with Crippen LogP contribution >= 0.6 is 23.1 Å². The SMILES string of the molecule is Nc1nc(CSc2nnc(COc3ccccc3F)n2N)nc2sc3c(c12)CCCCC3. The lowest BCUT2D eigenvalue weighted by atomic mass is 10.1. The Morgan fingerprint density at radius 2 is 1.97 bits per heavy atom. The zero-order valence-corrected chi connectivity index (χ0v) is 18.9. The van der Waals surface area contributed by atoms with Crippen LogP contribution in [0.2, 0.25) is 0 Å². The smallest absolute Gasteiger partial charge is 0.210 e. The zero-order chi connectivity index (χ0) is 22.1. The number of halogens is 1. The Morgan fingerprint density at radius 3 is 2.84 bits per heavy atom. The maximum Gasteiger partial charge on any atom is 0.210 e.